The van der Waals surface area contributed by atoms with E-state index in [4.69, 9.17) is 9.97 Å². The summed E-state index contributed by atoms with van der Waals surface area (Å²) in [6, 6.07) is 45.1. The van der Waals surface area contributed by atoms with Gasteiger partial charge in [-0.15, -0.1) is 11.3 Å². The van der Waals surface area contributed by atoms with Gasteiger partial charge in [-0.05, 0) is 58.6 Å². The van der Waals surface area contributed by atoms with Gasteiger partial charge in [-0.2, -0.15) is 0 Å². The smallest absolute Gasteiger partial charge is 0.235 e. The van der Waals surface area contributed by atoms with Gasteiger partial charge in [-0.1, -0.05) is 91.0 Å². The van der Waals surface area contributed by atoms with Gasteiger partial charge in [0.05, 0.1) is 22.2 Å². The summed E-state index contributed by atoms with van der Waals surface area (Å²) in [5.41, 5.74) is 4.61. The van der Waals surface area contributed by atoms with Crippen molar-refractivity contribution in [3.05, 3.63) is 139 Å². The molecule has 0 saturated carbocycles. The van der Waals surface area contributed by atoms with E-state index in [-0.39, 0.29) is 5.82 Å². The van der Waals surface area contributed by atoms with Gasteiger partial charge in [0.25, 0.3) is 0 Å². The van der Waals surface area contributed by atoms with Gasteiger partial charge in [-0.3, -0.25) is 4.57 Å². The average molecular weight is 596 g/mol. The molecule has 0 fully saturated rings. The number of benzene rings is 7. The van der Waals surface area contributed by atoms with Crippen LogP contribution in [0.1, 0.15) is 0 Å². The first-order valence-electron chi connectivity index (χ1n) is 15.0. The molecule has 0 N–H and O–H groups in total. The third-order valence-corrected chi connectivity index (χ3v) is 10.2. The molecule has 0 atom stereocenters. The first kappa shape index (κ1) is 24.8. The number of thiophene rings is 1. The summed E-state index contributed by atoms with van der Waals surface area (Å²) in [6.45, 7) is 0. The molecule has 7 aromatic carbocycles. The molecule has 3 heterocycles. The molecular formula is C40H22FN3S. The van der Waals surface area contributed by atoms with Crippen molar-refractivity contribution in [2.45, 2.75) is 0 Å². The minimum Gasteiger partial charge on any atom is -0.277 e. The maximum absolute atomic E-state index is 14.0. The van der Waals surface area contributed by atoms with Crippen LogP contribution in [0, 0.1) is 5.82 Å². The van der Waals surface area contributed by atoms with Crippen molar-refractivity contribution in [3.8, 4) is 17.2 Å². The van der Waals surface area contributed by atoms with E-state index in [2.05, 4.69) is 89.5 Å². The van der Waals surface area contributed by atoms with E-state index in [0.29, 0.717) is 5.95 Å². The summed E-state index contributed by atoms with van der Waals surface area (Å²) in [5, 5.41) is 10.7. The van der Waals surface area contributed by atoms with Crippen LogP contribution >= 0.6 is 11.3 Å². The number of halogens is 1. The number of nitrogens with zero attached hydrogens (tertiary/aromatic N) is 3. The largest absolute Gasteiger partial charge is 0.277 e. The Labute approximate surface area is 260 Å². The molecule has 0 aliphatic heterocycles. The highest BCUT2D eigenvalue weighted by Crippen LogP contribution is 2.49. The molecule has 0 spiro atoms. The summed E-state index contributed by atoms with van der Waals surface area (Å²) in [6.07, 6.45) is 0. The minimum absolute atomic E-state index is 0.272. The predicted octanol–water partition coefficient (Wildman–Crippen LogP) is 11.2. The minimum atomic E-state index is -0.272. The second-order valence-electron chi connectivity index (χ2n) is 11.5. The average Bonchev–Trinajstić information content (AvgIpc) is 3.64. The lowest BCUT2D eigenvalue weighted by Crippen LogP contribution is -2.03. The van der Waals surface area contributed by atoms with Crippen molar-refractivity contribution < 1.29 is 4.39 Å². The third kappa shape index (κ3) is 3.44. The SMILES string of the molecule is Fc1ccc(-c2nc(-n3c4ccccc4c4c5ccc6ccccc6c5c5sc6ccccc6c5c43)nc3ccccc23)cc1. The molecule has 5 heteroatoms. The Morgan fingerprint density at radius 2 is 1.24 bits per heavy atom. The third-order valence-electron chi connectivity index (χ3n) is 9.04. The Balaban J connectivity index is 1.47. The van der Waals surface area contributed by atoms with Crippen molar-refractivity contribution in [2.75, 3.05) is 0 Å². The molecule has 0 aliphatic carbocycles. The van der Waals surface area contributed by atoms with Crippen LogP contribution < -0.4 is 0 Å². The zero-order valence-electron chi connectivity index (χ0n) is 23.8. The topological polar surface area (TPSA) is 30.7 Å². The first-order chi connectivity index (χ1) is 22.2. The molecule has 45 heavy (non-hydrogen) atoms. The van der Waals surface area contributed by atoms with E-state index >= 15 is 0 Å². The normalized spacial score (nSPS) is 12.1. The number of para-hydroxylation sites is 2. The monoisotopic (exact) mass is 595 g/mol. The fraction of sp³-hybridized carbons (Fsp3) is 0. The lowest BCUT2D eigenvalue weighted by molar-refractivity contribution is 0.628. The fourth-order valence-corrected chi connectivity index (χ4v) is 8.41. The fourth-order valence-electron chi connectivity index (χ4n) is 7.13. The van der Waals surface area contributed by atoms with Crippen molar-refractivity contribution >= 4 is 85.8 Å². The van der Waals surface area contributed by atoms with Crippen LogP contribution in [0.2, 0.25) is 0 Å². The number of fused-ring (bicyclic) bond motifs is 13. The van der Waals surface area contributed by atoms with Gasteiger partial charge in [0.15, 0.2) is 0 Å². The number of hydrogen-bond donors (Lipinski definition) is 0. The summed E-state index contributed by atoms with van der Waals surface area (Å²) >= 11 is 1.85. The Morgan fingerprint density at radius 3 is 2.11 bits per heavy atom. The molecule has 0 saturated heterocycles. The zero-order chi connectivity index (χ0) is 29.6. The quantitative estimate of drug-likeness (QED) is 0.186. The van der Waals surface area contributed by atoms with Crippen LogP contribution in [0.15, 0.2) is 133 Å². The summed E-state index contributed by atoms with van der Waals surface area (Å²) in [7, 11) is 0. The molecule has 10 aromatic rings. The van der Waals surface area contributed by atoms with Gasteiger partial charge in [0.2, 0.25) is 5.95 Å². The summed E-state index contributed by atoms with van der Waals surface area (Å²) < 4.78 is 18.8. The van der Waals surface area contributed by atoms with Crippen LogP contribution in [0.3, 0.4) is 0 Å². The molecule has 3 nitrogen and oxygen atoms in total. The Morgan fingerprint density at radius 1 is 0.533 bits per heavy atom. The highest BCUT2D eigenvalue weighted by atomic mass is 32.1. The van der Waals surface area contributed by atoms with Gasteiger partial charge in [-0.25, -0.2) is 14.4 Å². The predicted molar refractivity (Wildman–Crippen MR) is 187 cm³/mol. The van der Waals surface area contributed by atoms with Crippen molar-refractivity contribution in [2.24, 2.45) is 0 Å². The second kappa shape index (κ2) is 9.18. The highest BCUT2D eigenvalue weighted by Gasteiger charge is 2.24. The lowest BCUT2D eigenvalue weighted by Gasteiger charge is -2.13. The van der Waals surface area contributed by atoms with Crippen molar-refractivity contribution in [1.29, 1.82) is 0 Å². The number of rotatable bonds is 2. The Kier molecular flexibility index (Phi) is 5.05. The maximum Gasteiger partial charge on any atom is 0.235 e. The number of hydrogen-bond acceptors (Lipinski definition) is 3. The second-order valence-corrected chi connectivity index (χ2v) is 12.5. The Hall–Kier alpha value is -5.65. The number of aromatic nitrogens is 3. The van der Waals surface area contributed by atoms with Crippen molar-refractivity contribution in [3.63, 3.8) is 0 Å². The van der Waals surface area contributed by atoms with Gasteiger partial charge in [0, 0.05) is 47.3 Å². The Bertz CT molecular complexity index is 2830. The van der Waals surface area contributed by atoms with Crippen molar-refractivity contribution in [1.82, 2.24) is 14.5 Å². The van der Waals surface area contributed by atoms with Gasteiger partial charge >= 0.3 is 0 Å². The molecule has 0 unspecified atom stereocenters. The van der Waals surface area contributed by atoms with Crippen LogP contribution in [0.4, 0.5) is 4.39 Å². The van der Waals surface area contributed by atoms with Crippen LogP contribution in [0.25, 0.3) is 91.6 Å². The van der Waals surface area contributed by atoms with E-state index in [9.17, 15) is 4.39 Å². The van der Waals surface area contributed by atoms with Crippen LogP contribution in [-0.4, -0.2) is 14.5 Å². The zero-order valence-corrected chi connectivity index (χ0v) is 24.6. The van der Waals surface area contributed by atoms with E-state index in [1.54, 1.807) is 12.1 Å². The molecule has 0 bridgehead atoms. The lowest BCUT2D eigenvalue weighted by atomic mass is 9.95. The molecule has 0 aliphatic rings. The van der Waals surface area contributed by atoms with E-state index in [0.717, 1.165) is 38.6 Å². The molecule has 0 radical (unpaired) electrons. The molecule has 3 aromatic heterocycles. The molecule has 0 amide bonds. The maximum atomic E-state index is 14.0. The van der Waals surface area contributed by atoms with E-state index < -0.39 is 0 Å². The van der Waals surface area contributed by atoms with Gasteiger partial charge in [0.1, 0.15) is 5.82 Å². The highest BCUT2D eigenvalue weighted by molar-refractivity contribution is 7.27. The van der Waals surface area contributed by atoms with Crippen LogP contribution in [0.5, 0.6) is 0 Å². The molecule has 210 valence electrons. The first-order valence-corrected chi connectivity index (χ1v) is 15.8. The van der Waals surface area contributed by atoms with Crippen LogP contribution in [-0.2, 0) is 0 Å². The van der Waals surface area contributed by atoms with E-state index in [1.807, 2.05) is 35.6 Å². The van der Waals surface area contributed by atoms with E-state index in [1.165, 1.54) is 59.2 Å². The summed E-state index contributed by atoms with van der Waals surface area (Å²) in [4.78, 5) is 10.5. The summed E-state index contributed by atoms with van der Waals surface area (Å²) in [5.74, 6) is 0.321. The standard InChI is InChI=1S/C40H22FN3S/c41-25-20-17-24(18-21-25)37-27-11-3-6-14-31(27)42-40(43-37)44-32-15-7-4-12-28(32)34-30-22-19-23-9-1-2-10-26(23)35(30)39-36(38(34)44)29-13-5-8-16-33(29)45-39/h1-22H. The molecular weight excluding hydrogens is 574 g/mol. The van der Waals surface area contributed by atoms with Gasteiger partial charge < -0.3 is 0 Å². The molecule has 10 rings (SSSR count).